The lowest BCUT2D eigenvalue weighted by Gasteiger charge is -2.44. The van der Waals surface area contributed by atoms with Crippen LogP contribution in [0.2, 0.25) is 5.02 Å². The Hall–Kier alpha value is -1.13. The van der Waals surface area contributed by atoms with Crippen molar-refractivity contribution in [3.8, 4) is 0 Å². The molecule has 0 amide bonds. The minimum absolute atomic E-state index is 0.295. The second-order valence-corrected chi connectivity index (χ2v) is 6.48. The Morgan fingerprint density at radius 3 is 2.85 bits per heavy atom. The highest BCUT2D eigenvalue weighted by molar-refractivity contribution is 6.30. The van der Waals surface area contributed by atoms with Gasteiger partial charge in [0.1, 0.15) is 11.9 Å². The summed E-state index contributed by atoms with van der Waals surface area (Å²) < 4.78 is 13.9. The summed E-state index contributed by atoms with van der Waals surface area (Å²) >= 11 is 5.74. The molecule has 0 radical (unpaired) electrons. The minimum atomic E-state index is -0.843. The summed E-state index contributed by atoms with van der Waals surface area (Å²) in [6, 6.07) is 3.93. The zero-order valence-corrected chi connectivity index (χ0v) is 12.5. The van der Waals surface area contributed by atoms with E-state index in [1.165, 1.54) is 6.07 Å². The molecule has 1 unspecified atom stereocenters. The number of carbonyl (C=O) groups is 1. The first-order chi connectivity index (χ1) is 9.31. The van der Waals surface area contributed by atoms with Gasteiger partial charge in [-0.3, -0.25) is 9.69 Å². The van der Waals surface area contributed by atoms with Gasteiger partial charge in [0.05, 0.1) is 0 Å². The molecular formula is C15H19ClFNO2. The molecule has 1 fully saturated rings. The Balaban J connectivity index is 2.24. The molecule has 5 heteroatoms. The summed E-state index contributed by atoms with van der Waals surface area (Å²) in [6.45, 7) is 4.87. The van der Waals surface area contributed by atoms with Crippen LogP contribution in [0.1, 0.15) is 32.3 Å². The van der Waals surface area contributed by atoms with E-state index < -0.39 is 12.0 Å². The number of carboxylic acids is 1. The van der Waals surface area contributed by atoms with Crippen LogP contribution < -0.4 is 0 Å². The molecule has 1 N–H and O–H groups in total. The highest BCUT2D eigenvalue weighted by Crippen LogP contribution is 2.36. The van der Waals surface area contributed by atoms with Crippen LogP contribution in [0.15, 0.2) is 18.2 Å². The standard InChI is InChI=1S/C15H19ClFNO2/c1-15(2)6-3-7-18(13(15)14(19)20)9-10-4-5-11(16)8-12(10)17/h4-5,8,13H,3,6-7,9H2,1-2H3,(H,19,20). The quantitative estimate of drug-likeness (QED) is 0.928. The fraction of sp³-hybridized carbons (Fsp3) is 0.533. The van der Waals surface area contributed by atoms with Crippen LogP contribution in [-0.2, 0) is 11.3 Å². The lowest BCUT2D eigenvalue weighted by molar-refractivity contribution is -0.151. The maximum absolute atomic E-state index is 13.9. The highest BCUT2D eigenvalue weighted by Gasteiger charge is 2.42. The Labute approximate surface area is 123 Å². The van der Waals surface area contributed by atoms with Gasteiger partial charge in [-0.2, -0.15) is 0 Å². The van der Waals surface area contributed by atoms with E-state index in [0.29, 0.717) is 23.7 Å². The molecule has 0 saturated carbocycles. The van der Waals surface area contributed by atoms with Gasteiger partial charge in [-0.15, -0.1) is 0 Å². The summed E-state index contributed by atoms with van der Waals surface area (Å²) in [5.41, 5.74) is 0.172. The van der Waals surface area contributed by atoms with E-state index >= 15 is 0 Å². The number of rotatable bonds is 3. The fourth-order valence-electron chi connectivity index (χ4n) is 3.03. The summed E-state index contributed by atoms with van der Waals surface area (Å²) in [5.74, 6) is -1.23. The van der Waals surface area contributed by atoms with Crippen molar-refractivity contribution < 1.29 is 14.3 Å². The molecule has 1 aromatic carbocycles. The first-order valence-electron chi connectivity index (χ1n) is 6.72. The van der Waals surface area contributed by atoms with Crippen LogP contribution in [0.25, 0.3) is 0 Å². The Morgan fingerprint density at radius 1 is 1.55 bits per heavy atom. The number of nitrogens with zero attached hydrogens (tertiary/aromatic N) is 1. The minimum Gasteiger partial charge on any atom is -0.480 e. The van der Waals surface area contributed by atoms with Crippen LogP contribution >= 0.6 is 11.6 Å². The molecule has 1 aliphatic heterocycles. The Bertz CT molecular complexity index is 519. The first-order valence-corrected chi connectivity index (χ1v) is 7.10. The van der Waals surface area contributed by atoms with E-state index in [-0.39, 0.29) is 11.2 Å². The van der Waals surface area contributed by atoms with Crippen molar-refractivity contribution in [1.29, 1.82) is 0 Å². The number of halogens is 2. The number of likely N-dealkylation sites (tertiary alicyclic amines) is 1. The largest absolute Gasteiger partial charge is 0.480 e. The molecule has 3 nitrogen and oxygen atoms in total. The molecule has 0 bridgehead atoms. The summed E-state index contributed by atoms with van der Waals surface area (Å²) in [4.78, 5) is 13.4. The van der Waals surface area contributed by atoms with Gasteiger partial charge in [-0.25, -0.2) is 4.39 Å². The lowest BCUT2D eigenvalue weighted by atomic mass is 9.76. The fourth-order valence-corrected chi connectivity index (χ4v) is 3.19. The van der Waals surface area contributed by atoms with Crippen molar-refractivity contribution in [1.82, 2.24) is 4.90 Å². The third-order valence-electron chi connectivity index (χ3n) is 3.99. The van der Waals surface area contributed by atoms with Crippen molar-refractivity contribution in [3.63, 3.8) is 0 Å². The molecule has 0 aliphatic carbocycles. The third-order valence-corrected chi connectivity index (χ3v) is 4.23. The van der Waals surface area contributed by atoms with E-state index in [0.717, 1.165) is 12.8 Å². The van der Waals surface area contributed by atoms with E-state index in [2.05, 4.69) is 0 Å². The number of aliphatic carboxylic acids is 1. The van der Waals surface area contributed by atoms with E-state index in [1.807, 2.05) is 18.7 Å². The average Bonchev–Trinajstić information content (AvgIpc) is 2.31. The third kappa shape index (κ3) is 3.13. The molecule has 20 heavy (non-hydrogen) atoms. The molecular weight excluding hydrogens is 281 g/mol. The number of piperidine rings is 1. The monoisotopic (exact) mass is 299 g/mol. The molecule has 1 atom stereocenters. The van der Waals surface area contributed by atoms with Gasteiger partial charge in [0, 0.05) is 17.1 Å². The number of hydrogen-bond acceptors (Lipinski definition) is 2. The molecule has 1 saturated heterocycles. The summed E-state index contributed by atoms with van der Waals surface area (Å²) in [5, 5.41) is 9.83. The van der Waals surface area contributed by atoms with Gasteiger partial charge in [0.2, 0.25) is 0 Å². The zero-order chi connectivity index (χ0) is 14.9. The van der Waals surface area contributed by atoms with Gasteiger partial charge in [0.25, 0.3) is 0 Å². The molecule has 0 spiro atoms. The number of benzene rings is 1. The predicted molar refractivity (Wildman–Crippen MR) is 76.3 cm³/mol. The maximum Gasteiger partial charge on any atom is 0.321 e. The SMILES string of the molecule is CC1(C)CCCN(Cc2ccc(Cl)cc2F)C1C(=O)O. The van der Waals surface area contributed by atoms with Crippen LogP contribution in [0.4, 0.5) is 4.39 Å². The second-order valence-electron chi connectivity index (χ2n) is 6.04. The van der Waals surface area contributed by atoms with Crippen LogP contribution in [0.3, 0.4) is 0 Å². The molecule has 110 valence electrons. The van der Waals surface area contributed by atoms with E-state index in [1.54, 1.807) is 12.1 Å². The normalized spacial score (nSPS) is 22.7. The van der Waals surface area contributed by atoms with Crippen molar-refractivity contribution >= 4 is 17.6 Å². The highest BCUT2D eigenvalue weighted by atomic mass is 35.5. The summed E-state index contributed by atoms with van der Waals surface area (Å²) in [7, 11) is 0. The van der Waals surface area contributed by atoms with Crippen molar-refractivity contribution in [2.75, 3.05) is 6.54 Å². The Kier molecular flexibility index (Phi) is 4.35. The second kappa shape index (κ2) is 5.70. The Morgan fingerprint density at radius 2 is 2.25 bits per heavy atom. The van der Waals surface area contributed by atoms with Gasteiger partial charge < -0.3 is 5.11 Å². The zero-order valence-electron chi connectivity index (χ0n) is 11.7. The molecule has 1 aromatic rings. The van der Waals surface area contributed by atoms with E-state index in [9.17, 15) is 14.3 Å². The van der Waals surface area contributed by atoms with E-state index in [4.69, 9.17) is 11.6 Å². The van der Waals surface area contributed by atoms with Gasteiger partial charge in [0.15, 0.2) is 0 Å². The molecule has 0 aromatic heterocycles. The lowest BCUT2D eigenvalue weighted by Crippen LogP contribution is -2.53. The van der Waals surface area contributed by atoms with Gasteiger partial charge in [-0.05, 0) is 36.9 Å². The first kappa shape index (κ1) is 15.3. The summed E-state index contributed by atoms with van der Waals surface area (Å²) in [6.07, 6.45) is 1.79. The van der Waals surface area contributed by atoms with Gasteiger partial charge >= 0.3 is 5.97 Å². The molecule has 1 heterocycles. The molecule has 2 rings (SSSR count). The van der Waals surface area contributed by atoms with Crippen molar-refractivity contribution in [3.05, 3.63) is 34.6 Å². The number of hydrogen-bond donors (Lipinski definition) is 1. The molecule has 1 aliphatic rings. The van der Waals surface area contributed by atoms with Gasteiger partial charge in [-0.1, -0.05) is 31.5 Å². The topological polar surface area (TPSA) is 40.5 Å². The smallest absolute Gasteiger partial charge is 0.321 e. The number of carboxylic acid groups (broad SMARTS) is 1. The predicted octanol–water partition coefficient (Wildman–Crippen LogP) is 3.55. The van der Waals surface area contributed by atoms with Crippen LogP contribution in [-0.4, -0.2) is 28.6 Å². The van der Waals surface area contributed by atoms with Crippen LogP contribution in [0.5, 0.6) is 0 Å². The average molecular weight is 300 g/mol. The van der Waals surface area contributed by atoms with Crippen LogP contribution in [0, 0.1) is 11.2 Å². The maximum atomic E-state index is 13.9. The van der Waals surface area contributed by atoms with Crippen molar-refractivity contribution in [2.45, 2.75) is 39.3 Å². The van der Waals surface area contributed by atoms with Crippen molar-refractivity contribution in [2.24, 2.45) is 5.41 Å².